The zero-order chi connectivity index (χ0) is 12.3. The minimum absolute atomic E-state index is 0.0707. The quantitative estimate of drug-likeness (QED) is 0.819. The molecule has 1 saturated carbocycles. The van der Waals surface area contributed by atoms with Crippen LogP contribution in [0.4, 0.5) is 4.39 Å². The van der Waals surface area contributed by atoms with Gasteiger partial charge in [0.15, 0.2) is 5.78 Å². The average molecular weight is 236 g/mol. The third kappa shape index (κ3) is 2.91. The monoisotopic (exact) mass is 236 g/mol. The first-order chi connectivity index (χ1) is 8.18. The van der Waals surface area contributed by atoms with E-state index >= 15 is 0 Å². The van der Waals surface area contributed by atoms with E-state index in [4.69, 9.17) is 0 Å². The summed E-state index contributed by atoms with van der Waals surface area (Å²) < 4.78 is 12.7. The van der Waals surface area contributed by atoms with Gasteiger partial charge in [0, 0.05) is 5.56 Å². The van der Waals surface area contributed by atoms with Gasteiger partial charge in [-0.2, -0.15) is 0 Å². The van der Waals surface area contributed by atoms with Gasteiger partial charge < -0.3 is 5.11 Å². The summed E-state index contributed by atoms with van der Waals surface area (Å²) in [6.45, 7) is 0. The lowest BCUT2D eigenvalue weighted by Crippen LogP contribution is -2.31. The van der Waals surface area contributed by atoms with E-state index in [1.165, 1.54) is 30.7 Å². The summed E-state index contributed by atoms with van der Waals surface area (Å²) in [4.78, 5) is 12.0. The third-order valence-electron chi connectivity index (χ3n) is 3.49. The number of carbonyl (C=O) groups excluding carboxylic acids is 1. The second-order valence-corrected chi connectivity index (χ2v) is 4.71. The third-order valence-corrected chi connectivity index (χ3v) is 3.49. The molecule has 0 saturated heterocycles. The van der Waals surface area contributed by atoms with Crippen LogP contribution in [0.3, 0.4) is 0 Å². The molecule has 0 amide bonds. The van der Waals surface area contributed by atoms with Gasteiger partial charge in [0.2, 0.25) is 0 Å². The van der Waals surface area contributed by atoms with Crippen LogP contribution in [0.25, 0.3) is 0 Å². The van der Waals surface area contributed by atoms with Crippen molar-refractivity contribution in [1.82, 2.24) is 0 Å². The lowest BCUT2D eigenvalue weighted by Gasteiger charge is -2.25. The molecule has 17 heavy (non-hydrogen) atoms. The van der Waals surface area contributed by atoms with Gasteiger partial charge in [0.25, 0.3) is 0 Å². The molecule has 1 aromatic rings. The number of aliphatic hydroxyl groups excluding tert-OH is 1. The van der Waals surface area contributed by atoms with Crippen LogP contribution in [0.15, 0.2) is 24.3 Å². The van der Waals surface area contributed by atoms with Crippen molar-refractivity contribution in [1.29, 1.82) is 0 Å². The molecule has 0 heterocycles. The smallest absolute Gasteiger partial charge is 0.191 e. The van der Waals surface area contributed by atoms with E-state index < -0.39 is 6.10 Å². The zero-order valence-electron chi connectivity index (χ0n) is 9.73. The molecule has 1 unspecified atom stereocenters. The highest BCUT2D eigenvalue weighted by Crippen LogP contribution is 2.27. The molecular weight excluding hydrogens is 219 g/mol. The lowest BCUT2D eigenvalue weighted by molar-refractivity contribution is 0.0534. The van der Waals surface area contributed by atoms with Gasteiger partial charge >= 0.3 is 0 Å². The van der Waals surface area contributed by atoms with Crippen molar-refractivity contribution < 1.29 is 14.3 Å². The molecule has 92 valence electrons. The SMILES string of the molecule is O=C(c1ccc(F)cc1)C(O)C1CCCCC1. The van der Waals surface area contributed by atoms with Crippen LogP contribution < -0.4 is 0 Å². The Morgan fingerprint density at radius 2 is 1.76 bits per heavy atom. The summed E-state index contributed by atoms with van der Waals surface area (Å²) in [5.41, 5.74) is 0.393. The maximum Gasteiger partial charge on any atom is 0.191 e. The predicted octanol–water partition coefficient (Wildman–Crippen LogP) is 2.95. The number of hydrogen-bond donors (Lipinski definition) is 1. The molecule has 0 aromatic heterocycles. The Bertz CT molecular complexity index is 380. The Morgan fingerprint density at radius 3 is 2.35 bits per heavy atom. The predicted molar refractivity (Wildman–Crippen MR) is 63.3 cm³/mol. The number of Topliss-reactive ketones (excluding diaryl/α,β-unsaturated/α-hetero) is 1. The molecule has 2 rings (SSSR count). The molecule has 0 bridgehead atoms. The van der Waals surface area contributed by atoms with Crippen molar-refractivity contribution in [2.45, 2.75) is 38.2 Å². The number of benzene rings is 1. The van der Waals surface area contributed by atoms with Gasteiger partial charge in [0.1, 0.15) is 11.9 Å². The average Bonchev–Trinajstić information content (AvgIpc) is 2.39. The minimum Gasteiger partial charge on any atom is -0.385 e. The van der Waals surface area contributed by atoms with E-state index in [9.17, 15) is 14.3 Å². The number of rotatable bonds is 3. The van der Waals surface area contributed by atoms with E-state index in [1.54, 1.807) is 0 Å². The first-order valence-electron chi connectivity index (χ1n) is 6.16. The summed E-state index contributed by atoms with van der Waals surface area (Å²) in [6, 6.07) is 5.37. The van der Waals surface area contributed by atoms with E-state index in [1.807, 2.05) is 0 Å². The zero-order valence-corrected chi connectivity index (χ0v) is 9.73. The van der Waals surface area contributed by atoms with Crippen LogP contribution in [0.5, 0.6) is 0 Å². The largest absolute Gasteiger partial charge is 0.385 e. The molecule has 0 aliphatic heterocycles. The molecule has 1 aromatic carbocycles. The number of aliphatic hydroxyl groups is 1. The second kappa shape index (κ2) is 5.41. The van der Waals surface area contributed by atoms with Gasteiger partial charge in [-0.25, -0.2) is 4.39 Å². The maximum absolute atomic E-state index is 12.7. The number of ketones is 1. The van der Waals surface area contributed by atoms with E-state index in [0.29, 0.717) is 5.56 Å². The van der Waals surface area contributed by atoms with Crippen molar-refractivity contribution in [3.63, 3.8) is 0 Å². The van der Waals surface area contributed by atoms with Gasteiger partial charge in [-0.15, -0.1) is 0 Å². The first-order valence-corrected chi connectivity index (χ1v) is 6.16. The fourth-order valence-corrected chi connectivity index (χ4v) is 2.45. The lowest BCUT2D eigenvalue weighted by atomic mass is 9.82. The molecule has 0 spiro atoms. The molecular formula is C14H17FO2. The summed E-state index contributed by atoms with van der Waals surface area (Å²) in [7, 11) is 0. The summed E-state index contributed by atoms with van der Waals surface area (Å²) in [5, 5.41) is 10.0. The van der Waals surface area contributed by atoms with Gasteiger partial charge in [-0.3, -0.25) is 4.79 Å². The fraction of sp³-hybridized carbons (Fsp3) is 0.500. The highest BCUT2D eigenvalue weighted by molar-refractivity contribution is 5.99. The number of carbonyl (C=O) groups is 1. The Kier molecular flexibility index (Phi) is 3.89. The molecule has 1 fully saturated rings. The van der Waals surface area contributed by atoms with E-state index in [-0.39, 0.29) is 17.5 Å². The minimum atomic E-state index is -0.930. The van der Waals surface area contributed by atoms with Crippen LogP contribution in [0, 0.1) is 11.7 Å². The maximum atomic E-state index is 12.7. The van der Waals surface area contributed by atoms with Gasteiger partial charge in [0.05, 0.1) is 0 Å². The van der Waals surface area contributed by atoms with Crippen molar-refractivity contribution >= 4 is 5.78 Å². The van der Waals surface area contributed by atoms with E-state index in [2.05, 4.69) is 0 Å². The van der Waals surface area contributed by atoms with Crippen molar-refractivity contribution in [2.75, 3.05) is 0 Å². The van der Waals surface area contributed by atoms with Crippen LogP contribution in [-0.4, -0.2) is 17.0 Å². The standard InChI is InChI=1S/C14H17FO2/c15-12-8-6-11(7-9-12)14(17)13(16)10-4-2-1-3-5-10/h6-10,13,16H,1-5H2. The molecule has 3 heteroatoms. The van der Waals surface area contributed by atoms with Crippen molar-refractivity contribution in [2.24, 2.45) is 5.92 Å². The summed E-state index contributed by atoms with van der Waals surface area (Å²) in [6.07, 6.45) is 4.24. The van der Waals surface area contributed by atoms with Crippen LogP contribution in [0.1, 0.15) is 42.5 Å². The van der Waals surface area contributed by atoms with Crippen molar-refractivity contribution in [3.05, 3.63) is 35.6 Å². The fourth-order valence-electron chi connectivity index (χ4n) is 2.45. The summed E-state index contributed by atoms with van der Waals surface area (Å²) in [5.74, 6) is -0.577. The van der Waals surface area contributed by atoms with E-state index in [0.717, 1.165) is 25.7 Å². The summed E-state index contributed by atoms with van der Waals surface area (Å²) >= 11 is 0. The Balaban J connectivity index is 2.05. The van der Waals surface area contributed by atoms with Crippen molar-refractivity contribution in [3.8, 4) is 0 Å². The Labute approximate surface area is 100 Å². The number of halogens is 1. The Hall–Kier alpha value is -1.22. The van der Waals surface area contributed by atoms with Gasteiger partial charge in [-0.1, -0.05) is 19.3 Å². The first kappa shape index (κ1) is 12.2. The second-order valence-electron chi connectivity index (χ2n) is 4.71. The Morgan fingerprint density at radius 1 is 1.18 bits per heavy atom. The molecule has 1 aliphatic carbocycles. The molecule has 1 atom stereocenters. The molecule has 0 radical (unpaired) electrons. The highest BCUT2D eigenvalue weighted by atomic mass is 19.1. The normalized spacial score (nSPS) is 18.9. The topological polar surface area (TPSA) is 37.3 Å². The highest BCUT2D eigenvalue weighted by Gasteiger charge is 2.28. The van der Waals surface area contributed by atoms with Crippen LogP contribution in [0.2, 0.25) is 0 Å². The van der Waals surface area contributed by atoms with Crippen LogP contribution >= 0.6 is 0 Å². The van der Waals surface area contributed by atoms with Gasteiger partial charge in [-0.05, 0) is 43.0 Å². The number of hydrogen-bond acceptors (Lipinski definition) is 2. The molecule has 1 aliphatic rings. The molecule has 2 nitrogen and oxygen atoms in total. The van der Waals surface area contributed by atoms with Crippen LogP contribution in [-0.2, 0) is 0 Å². The molecule has 1 N–H and O–H groups in total.